The molecule has 0 N–H and O–H groups in total. The van der Waals surface area contributed by atoms with Crippen LogP contribution in [0.4, 0.5) is 17.6 Å². The molecule has 0 spiro atoms. The first-order valence-electron chi connectivity index (χ1n) is 8.65. The van der Waals surface area contributed by atoms with Crippen LogP contribution in [0.3, 0.4) is 0 Å². The van der Waals surface area contributed by atoms with Crippen molar-refractivity contribution in [3.63, 3.8) is 0 Å². The van der Waals surface area contributed by atoms with Crippen molar-refractivity contribution in [2.24, 2.45) is 0 Å². The number of benzene rings is 3. The standard InChI is InChI=1S/C22H15BrF4O/c1-12-2-4-13(5-3-12)15-9-17(24)21(18(25)10-15)14-6-7-19-16(8-14)11-20(23)22(26,27)28-19/h2-10,20H,11H2,1H3. The Balaban J connectivity index is 1.74. The third kappa shape index (κ3) is 3.41. The lowest BCUT2D eigenvalue weighted by atomic mass is 9.95. The second-order valence-electron chi connectivity index (χ2n) is 6.84. The first-order chi connectivity index (χ1) is 13.2. The second-order valence-corrected chi connectivity index (χ2v) is 7.94. The summed E-state index contributed by atoms with van der Waals surface area (Å²) < 4.78 is 61.6. The van der Waals surface area contributed by atoms with Crippen LogP contribution < -0.4 is 4.74 Å². The van der Waals surface area contributed by atoms with Crippen molar-refractivity contribution in [1.29, 1.82) is 0 Å². The topological polar surface area (TPSA) is 9.23 Å². The highest BCUT2D eigenvalue weighted by atomic mass is 79.9. The zero-order valence-corrected chi connectivity index (χ0v) is 16.4. The van der Waals surface area contributed by atoms with Gasteiger partial charge in [0.25, 0.3) is 0 Å². The van der Waals surface area contributed by atoms with Crippen LogP contribution in [0.1, 0.15) is 11.1 Å². The molecule has 1 aliphatic heterocycles. The van der Waals surface area contributed by atoms with Gasteiger partial charge in [-0.05, 0) is 59.9 Å². The number of rotatable bonds is 2. The van der Waals surface area contributed by atoms with Crippen LogP contribution in [-0.2, 0) is 6.42 Å². The molecule has 3 aromatic rings. The molecule has 0 radical (unpaired) electrons. The largest absolute Gasteiger partial charge is 0.431 e. The number of alkyl halides is 3. The first kappa shape index (κ1) is 19.0. The number of fused-ring (bicyclic) bond motifs is 1. The zero-order chi connectivity index (χ0) is 20.1. The van der Waals surface area contributed by atoms with Crippen LogP contribution in [0.15, 0.2) is 54.6 Å². The molecule has 0 fully saturated rings. The molecule has 0 aliphatic carbocycles. The maximum absolute atomic E-state index is 14.8. The summed E-state index contributed by atoms with van der Waals surface area (Å²) in [5.41, 5.74) is 2.73. The fourth-order valence-electron chi connectivity index (χ4n) is 3.28. The Bertz CT molecular complexity index is 1020. The molecule has 6 heteroatoms. The number of hydrogen-bond donors (Lipinski definition) is 0. The number of halogens is 5. The summed E-state index contributed by atoms with van der Waals surface area (Å²) in [7, 11) is 0. The number of hydrogen-bond acceptors (Lipinski definition) is 1. The average Bonchev–Trinajstić information content (AvgIpc) is 2.62. The normalized spacial score (nSPS) is 17.7. The highest BCUT2D eigenvalue weighted by molar-refractivity contribution is 9.09. The first-order valence-corrected chi connectivity index (χ1v) is 9.56. The summed E-state index contributed by atoms with van der Waals surface area (Å²) in [5, 5.41) is 0. The lowest BCUT2D eigenvalue weighted by molar-refractivity contribution is -0.180. The second kappa shape index (κ2) is 6.92. The third-order valence-electron chi connectivity index (χ3n) is 4.79. The van der Waals surface area contributed by atoms with E-state index in [-0.39, 0.29) is 23.3 Å². The molecule has 4 rings (SSSR count). The van der Waals surface area contributed by atoms with Gasteiger partial charge in [0.1, 0.15) is 22.2 Å². The van der Waals surface area contributed by atoms with Crippen LogP contribution in [0, 0.1) is 18.6 Å². The summed E-state index contributed by atoms with van der Waals surface area (Å²) in [6.07, 6.45) is -3.35. The van der Waals surface area contributed by atoms with Crippen molar-refractivity contribution < 1.29 is 22.3 Å². The summed E-state index contributed by atoms with van der Waals surface area (Å²) in [6.45, 7) is 1.93. The molecule has 0 aromatic heterocycles. The van der Waals surface area contributed by atoms with Gasteiger partial charge < -0.3 is 4.74 Å². The van der Waals surface area contributed by atoms with Crippen molar-refractivity contribution in [3.05, 3.63) is 77.4 Å². The molecule has 1 heterocycles. The maximum Gasteiger partial charge on any atom is 0.411 e. The van der Waals surface area contributed by atoms with E-state index in [0.29, 0.717) is 16.7 Å². The lowest BCUT2D eigenvalue weighted by Gasteiger charge is -2.29. The van der Waals surface area contributed by atoms with E-state index in [4.69, 9.17) is 4.74 Å². The maximum atomic E-state index is 14.8. The Morgan fingerprint density at radius 1 is 0.893 bits per heavy atom. The van der Waals surface area contributed by atoms with Gasteiger partial charge in [0, 0.05) is 0 Å². The fraction of sp³-hybridized carbons (Fsp3) is 0.182. The van der Waals surface area contributed by atoms with Crippen molar-refractivity contribution in [2.75, 3.05) is 0 Å². The molecule has 1 nitrogen and oxygen atoms in total. The Kier molecular flexibility index (Phi) is 4.70. The minimum Gasteiger partial charge on any atom is -0.431 e. The van der Waals surface area contributed by atoms with Crippen LogP contribution in [0.2, 0.25) is 0 Å². The Labute approximate surface area is 168 Å². The van der Waals surface area contributed by atoms with Crippen LogP contribution in [0.25, 0.3) is 22.3 Å². The molecular formula is C22H15BrF4O. The van der Waals surface area contributed by atoms with E-state index in [1.54, 1.807) is 12.1 Å². The van der Waals surface area contributed by atoms with Crippen LogP contribution in [0.5, 0.6) is 5.75 Å². The van der Waals surface area contributed by atoms with Crippen LogP contribution in [-0.4, -0.2) is 10.9 Å². The van der Waals surface area contributed by atoms with Crippen molar-refractivity contribution in [1.82, 2.24) is 0 Å². The van der Waals surface area contributed by atoms with Crippen molar-refractivity contribution >= 4 is 15.9 Å². The predicted molar refractivity (Wildman–Crippen MR) is 104 cm³/mol. The number of ether oxygens (including phenoxy) is 1. The van der Waals surface area contributed by atoms with Gasteiger partial charge in [-0.1, -0.05) is 51.8 Å². The van der Waals surface area contributed by atoms with Gasteiger partial charge in [-0.15, -0.1) is 0 Å². The van der Waals surface area contributed by atoms with Gasteiger partial charge in [-0.25, -0.2) is 8.78 Å². The average molecular weight is 451 g/mol. The summed E-state index contributed by atoms with van der Waals surface area (Å²) in [6, 6.07) is 14.1. The molecular weight excluding hydrogens is 436 g/mol. The van der Waals surface area contributed by atoms with Crippen LogP contribution >= 0.6 is 15.9 Å². The van der Waals surface area contributed by atoms with E-state index in [9.17, 15) is 17.6 Å². The molecule has 1 atom stereocenters. The molecule has 28 heavy (non-hydrogen) atoms. The highest BCUT2D eigenvalue weighted by Crippen LogP contribution is 2.41. The van der Waals surface area contributed by atoms with Gasteiger partial charge in [0.15, 0.2) is 0 Å². The van der Waals surface area contributed by atoms with E-state index in [1.807, 2.05) is 19.1 Å². The molecule has 1 aliphatic rings. The van der Waals surface area contributed by atoms with Crippen molar-refractivity contribution in [3.8, 4) is 28.0 Å². The molecule has 1 unspecified atom stereocenters. The van der Waals surface area contributed by atoms with Gasteiger partial charge >= 0.3 is 6.11 Å². The highest BCUT2D eigenvalue weighted by Gasteiger charge is 2.45. The Morgan fingerprint density at radius 3 is 2.14 bits per heavy atom. The molecule has 144 valence electrons. The van der Waals surface area contributed by atoms with Gasteiger partial charge in [-0.3, -0.25) is 0 Å². The Hall–Kier alpha value is -2.34. The SMILES string of the molecule is Cc1ccc(-c2cc(F)c(-c3ccc4c(c3)CC(Br)C(F)(F)O4)c(F)c2)cc1. The van der Waals surface area contributed by atoms with Gasteiger partial charge in [-0.2, -0.15) is 8.78 Å². The third-order valence-corrected chi connectivity index (χ3v) is 5.64. The zero-order valence-electron chi connectivity index (χ0n) is 14.8. The summed E-state index contributed by atoms with van der Waals surface area (Å²) in [4.78, 5) is -1.21. The molecule has 0 bridgehead atoms. The predicted octanol–water partition coefficient (Wildman–Crippen LogP) is 6.90. The molecule has 0 saturated carbocycles. The minimum atomic E-state index is -3.33. The lowest BCUT2D eigenvalue weighted by Crippen LogP contribution is -2.40. The molecule has 3 aromatic carbocycles. The van der Waals surface area contributed by atoms with E-state index in [0.717, 1.165) is 5.56 Å². The monoisotopic (exact) mass is 450 g/mol. The smallest absolute Gasteiger partial charge is 0.411 e. The quantitative estimate of drug-likeness (QED) is 0.304. The van der Waals surface area contributed by atoms with E-state index < -0.39 is 22.6 Å². The van der Waals surface area contributed by atoms with E-state index >= 15 is 0 Å². The van der Waals surface area contributed by atoms with E-state index in [2.05, 4.69) is 15.9 Å². The minimum absolute atomic E-state index is 0.0130. The summed E-state index contributed by atoms with van der Waals surface area (Å²) >= 11 is 2.91. The fourth-order valence-corrected chi connectivity index (χ4v) is 3.72. The molecule has 0 amide bonds. The molecule has 0 saturated heterocycles. The number of aryl methyl sites for hydroxylation is 1. The van der Waals surface area contributed by atoms with Gasteiger partial charge in [0.05, 0.1) is 5.56 Å². The van der Waals surface area contributed by atoms with Gasteiger partial charge in [0.2, 0.25) is 0 Å². The Morgan fingerprint density at radius 2 is 1.50 bits per heavy atom. The summed E-state index contributed by atoms with van der Waals surface area (Å²) in [5.74, 6) is -1.41. The van der Waals surface area contributed by atoms with Crippen molar-refractivity contribution in [2.45, 2.75) is 24.3 Å². The van der Waals surface area contributed by atoms with E-state index in [1.165, 1.54) is 30.3 Å².